The molecule has 2 N–H and O–H groups in total. The van der Waals surface area contributed by atoms with Crippen molar-refractivity contribution in [2.24, 2.45) is 0 Å². The minimum atomic E-state index is -1.03. The van der Waals surface area contributed by atoms with Crippen LogP contribution in [0.15, 0.2) is 60.8 Å². The van der Waals surface area contributed by atoms with Gasteiger partial charge in [-0.3, -0.25) is 9.89 Å². The number of esters is 1. The molecule has 0 saturated carbocycles. The highest BCUT2D eigenvalue weighted by Crippen LogP contribution is 2.36. The number of benzene rings is 3. The van der Waals surface area contributed by atoms with Crippen LogP contribution in [-0.2, 0) is 16.0 Å². The standard InChI is InChI=1S/C27H19F2N5O5/c28-21-6-4-14(8-22(21)29)15-3-5-19(26(36)38-13-18-10-30-27(37)39-18)24(9-15)34-12-17-2-1-16(7-20(17)25(34)35)23-11-31-33-32-23/h1-9,11,18H,10,12-13H2,(H,30,37)(H,31,32,33). The number of rotatable bonds is 6. The summed E-state index contributed by atoms with van der Waals surface area (Å²) in [4.78, 5) is 39.4. The summed E-state index contributed by atoms with van der Waals surface area (Å²) in [5.74, 6) is -3.12. The molecule has 1 saturated heterocycles. The number of anilines is 1. The van der Waals surface area contributed by atoms with Gasteiger partial charge in [0.1, 0.15) is 12.3 Å². The van der Waals surface area contributed by atoms with E-state index in [1.165, 1.54) is 17.0 Å². The molecule has 1 unspecified atom stereocenters. The summed E-state index contributed by atoms with van der Waals surface area (Å²) in [6.45, 7) is 0.178. The van der Waals surface area contributed by atoms with Crippen LogP contribution in [-0.4, -0.2) is 52.6 Å². The first-order valence-corrected chi connectivity index (χ1v) is 11.9. The molecule has 2 aliphatic heterocycles. The molecule has 6 rings (SSSR count). The summed E-state index contributed by atoms with van der Waals surface area (Å²) >= 11 is 0. The van der Waals surface area contributed by atoms with Crippen LogP contribution in [0, 0.1) is 11.6 Å². The Bertz CT molecular complexity index is 1630. The van der Waals surface area contributed by atoms with Crippen molar-refractivity contribution in [1.82, 2.24) is 20.7 Å². The molecule has 196 valence electrons. The fraction of sp³-hybridized carbons (Fsp3) is 0.148. The van der Waals surface area contributed by atoms with Gasteiger partial charge in [-0.1, -0.05) is 29.5 Å². The highest BCUT2D eigenvalue weighted by molar-refractivity contribution is 6.13. The van der Waals surface area contributed by atoms with E-state index in [9.17, 15) is 23.2 Å². The second-order valence-electron chi connectivity index (χ2n) is 8.99. The molecule has 10 nitrogen and oxygen atoms in total. The second kappa shape index (κ2) is 9.63. The molecule has 3 aromatic carbocycles. The second-order valence-corrected chi connectivity index (χ2v) is 8.99. The monoisotopic (exact) mass is 531 g/mol. The average molecular weight is 531 g/mol. The maximum atomic E-state index is 14.0. The van der Waals surface area contributed by atoms with E-state index >= 15 is 0 Å². The first-order chi connectivity index (χ1) is 18.9. The van der Waals surface area contributed by atoms with E-state index in [1.807, 2.05) is 6.07 Å². The summed E-state index contributed by atoms with van der Waals surface area (Å²) in [6.07, 6.45) is 0.368. The Balaban J connectivity index is 1.36. The van der Waals surface area contributed by atoms with Gasteiger partial charge in [0.05, 0.1) is 24.3 Å². The van der Waals surface area contributed by atoms with Crippen molar-refractivity contribution >= 4 is 23.7 Å². The number of hydrogen-bond acceptors (Lipinski definition) is 7. The van der Waals surface area contributed by atoms with Crippen molar-refractivity contribution < 1.29 is 32.6 Å². The molecule has 1 atom stereocenters. The molecule has 2 amide bonds. The van der Waals surface area contributed by atoms with Gasteiger partial charge in [0.15, 0.2) is 17.7 Å². The molecule has 39 heavy (non-hydrogen) atoms. The van der Waals surface area contributed by atoms with Crippen molar-refractivity contribution in [1.29, 1.82) is 0 Å². The molecule has 1 aromatic heterocycles. The Labute approximate surface area is 219 Å². The molecule has 0 bridgehead atoms. The Morgan fingerprint density at radius 1 is 1.03 bits per heavy atom. The van der Waals surface area contributed by atoms with Crippen LogP contribution in [0.1, 0.15) is 26.3 Å². The molecule has 12 heteroatoms. The van der Waals surface area contributed by atoms with Crippen molar-refractivity contribution in [2.75, 3.05) is 18.1 Å². The molecule has 1 fully saturated rings. The molecule has 0 radical (unpaired) electrons. The molecular formula is C27H19F2N5O5. The summed E-state index contributed by atoms with van der Waals surface area (Å²) < 4.78 is 37.9. The number of aromatic nitrogens is 3. The number of nitrogens with one attached hydrogen (secondary N) is 2. The van der Waals surface area contributed by atoms with Crippen LogP contribution in [0.2, 0.25) is 0 Å². The van der Waals surface area contributed by atoms with Gasteiger partial charge in [0.25, 0.3) is 5.91 Å². The zero-order valence-electron chi connectivity index (χ0n) is 20.1. The van der Waals surface area contributed by atoms with E-state index in [2.05, 4.69) is 20.7 Å². The number of ether oxygens (including phenoxy) is 2. The summed E-state index contributed by atoms with van der Waals surface area (Å²) in [6, 6.07) is 13.3. The zero-order chi connectivity index (χ0) is 27.1. The summed E-state index contributed by atoms with van der Waals surface area (Å²) in [7, 11) is 0. The smallest absolute Gasteiger partial charge is 0.407 e. The highest BCUT2D eigenvalue weighted by atomic mass is 19.2. The number of fused-ring (bicyclic) bond motifs is 1. The number of aromatic amines is 1. The first-order valence-electron chi connectivity index (χ1n) is 11.9. The quantitative estimate of drug-likeness (QED) is 0.362. The molecular weight excluding hydrogens is 512 g/mol. The van der Waals surface area contributed by atoms with Gasteiger partial charge in [-0.15, -0.1) is 5.10 Å². The number of carbonyl (C=O) groups excluding carboxylic acids is 3. The van der Waals surface area contributed by atoms with Gasteiger partial charge >= 0.3 is 12.1 Å². The maximum Gasteiger partial charge on any atom is 0.407 e. The Morgan fingerprint density at radius 2 is 1.82 bits per heavy atom. The van der Waals surface area contributed by atoms with Gasteiger partial charge < -0.3 is 19.7 Å². The lowest BCUT2D eigenvalue weighted by Gasteiger charge is -2.21. The van der Waals surface area contributed by atoms with Crippen LogP contribution < -0.4 is 10.2 Å². The number of alkyl carbamates (subject to hydrolysis) is 1. The molecule has 2 aliphatic rings. The third-order valence-electron chi connectivity index (χ3n) is 6.54. The van der Waals surface area contributed by atoms with Crippen LogP contribution in [0.5, 0.6) is 0 Å². The summed E-state index contributed by atoms with van der Waals surface area (Å²) in [5, 5.41) is 12.8. The van der Waals surface area contributed by atoms with Gasteiger partial charge in [-0.2, -0.15) is 0 Å². The lowest BCUT2D eigenvalue weighted by Crippen LogP contribution is -2.27. The van der Waals surface area contributed by atoms with Gasteiger partial charge in [0, 0.05) is 17.3 Å². The molecule has 3 heterocycles. The Morgan fingerprint density at radius 3 is 2.56 bits per heavy atom. The fourth-order valence-corrected chi connectivity index (χ4v) is 4.55. The minimum Gasteiger partial charge on any atom is -0.458 e. The highest BCUT2D eigenvalue weighted by Gasteiger charge is 2.33. The van der Waals surface area contributed by atoms with Crippen LogP contribution in [0.4, 0.5) is 19.3 Å². The third kappa shape index (κ3) is 4.56. The lowest BCUT2D eigenvalue weighted by molar-refractivity contribution is 0.0301. The Hall–Kier alpha value is -5.13. The number of H-pyrrole nitrogens is 1. The van der Waals surface area contributed by atoms with Crippen molar-refractivity contribution in [3.63, 3.8) is 0 Å². The molecule has 4 aromatic rings. The number of hydrogen-bond donors (Lipinski definition) is 2. The topological polar surface area (TPSA) is 127 Å². The summed E-state index contributed by atoms with van der Waals surface area (Å²) in [5.41, 5.74) is 3.54. The normalized spacial score (nSPS) is 16.2. The van der Waals surface area contributed by atoms with Crippen molar-refractivity contribution in [3.8, 4) is 22.4 Å². The predicted octanol–water partition coefficient (Wildman–Crippen LogP) is 3.84. The molecule has 0 aliphatic carbocycles. The fourth-order valence-electron chi connectivity index (χ4n) is 4.55. The van der Waals surface area contributed by atoms with Crippen LogP contribution >= 0.6 is 0 Å². The zero-order valence-corrected chi connectivity index (χ0v) is 20.1. The van der Waals surface area contributed by atoms with E-state index in [-0.39, 0.29) is 36.9 Å². The number of carbonyl (C=O) groups is 3. The van der Waals surface area contributed by atoms with Crippen molar-refractivity contribution in [2.45, 2.75) is 12.6 Å². The van der Waals surface area contributed by atoms with E-state index in [1.54, 1.807) is 30.5 Å². The van der Waals surface area contributed by atoms with E-state index in [0.29, 0.717) is 27.9 Å². The first kappa shape index (κ1) is 24.2. The van der Waals surface area contributed by atoms with Gasteiger partial charge in [-0.25, -0.2) is 18.4 Å². The largest absolute Gasteiger partial charge is 0.458 e. The van der Waals surface area contributed by atoms with E-state index in [4.69, 9.17) is 9.47 Å². The van der Waals surface area contributed by atoms with Crippen molar-refractivity contribution in [3.05, 3.63) is 89.1 Å². The third-order valence-corrected chi connectivity index (χ3v) is 6.54. The number of cyclic esters (lactones) is 1. The minimum absolute atomic E-state index is 0.0801. The van der Waals surface area contributed by atoms with Gasteiger partial charge in [0.2, 0.25) is 0 Å². The maximum absolute atomic E-state index is 14.0. The molecule has 0 spiro atoms. The Kier molecular flexibility index (Phi) is 5.98. The van der Waals surface area contributed by atoms with Gasteiger partial charge in [-0.05, 0) is 47.0 Å². The number of amides is 2. The SMILES string of the molecule is O=C1NCC(COC(=O)c2ccc(-c3ccc(F)c(F)c3)cc2N2Cc3ccc(-c4c[nH]nn4)cc3C2=O)O1. The van der Waals surface area contributed by atoms with Crippen LogP contribution in [0.25, 0.3) is 22.4 Å². The average Bonchev–Trinajstić information content (AvgIpc) is 3.69. The van der Waals surface area contributed by atoms with E-state index < -0.39 is 29.8 Å². The lowest BCUT2D eigenvalue weighted by atomic mass is 10.0. The number of halogens is 2. The van der Waals surface area contributed by atoms with Crippen LogP contribution in [0.3, 0.4) is 0 Å². The number of nitrogens with zero attached hydrogens (tertiary/aromatic N) is 3. The predicted molar refractivity (Wildman–Crippen MR) is 133 cm³/mol. The van der Waals surface area contributed by atoms with E-state index in [0.717, 1.165) is 17.7 Å².